The molecule has 2 rings (SSSR count). The zero-order valence-corrected chi connectivity index (χ0v) is 12.2. The molecular formula is C13H11ClINO2. The molecule has 0 aromatic heterocycles. The lowest BCUT2D eigenvalue weighted by Gasteiger charge is -2.10. The minimum absolute atomic E-state index is 0.105. The Balaban J connectivity index is 2.14. The number of nitrogens with one attached hydrogen (secondary N) is 1. The maximum atomic E-state index is 9.66. The minimum atomic E-state index is -0.122. The van der Waals surface area contributed by atoms with Crippen LogP contribution in [-0.2, 0) is 6.54 Å². The van der Waals surface area contributed by atoms with Crippen LogP contribution in [-0.4, -0.2) is 10.2 Å². The Hall–Kier alpha value is -1.14. The third-order valence-corrected chi connectivity index (χ3v) is 3.48. The average molecular weight is 376 g/mol. The molecule has 18 heavy (non-hydrogen) atoms. The van der Waals surface area contributed by atoms with E-state index < -0.39 is 0 Å². The summed E-state index contributed by atoms with van der Waals surface area (Å²) in [6.07, 6.45) is 0. The molecule has 3 N–H and O–H groups in total. The van der Waals surface area contributed by atoms with Crippen LogP contribution in [0.1, 0.15) is 5.56 Å². The largest absolute Gasteiger partial charge is 0.504 e. The first-order valence-electron chi connectivity index (χ1n) is 5.26. The molecule has 0 aliphatic heterocycles. The van der Waals surface area contributed by atoms with Crippen LogP contribution in [0, 0.1) is 3.57 Å². The summed E-state index contributed by atoms with van der Waals surface area (Å²) >= 11 is 8.27. The molecule has 0 fully saturated rings. The lowest BCUT2D eigenvalue weighted by atomic mass is 10.2. The number of hydrogen-bond donors (Lipinski definition) is 3. The molecule has 3 nitrogen and oxygen atoms in total. The quantitative estimate of drug-likeness (QED) is 0.562. The van der Waals surface area contributed by atoms with Crippen LogP contribution in [0.2, 0.25) is 5.02 Å². The van der Waals surface area contributed by atoms with Crippen molar-refractivity contribution in [3.8, 4) is 11.5 Å². The number of rotatable bonds is 3. The predicted octanol–water partition coefficient (Wildman–Crippen LogP) is 3.97. The molecule has 0 saturated heterocycles. The first-order valence-corrected chi connectivity index (χ1v) is 6.72. The number of anilines is 1. The van der Waals surface area contributed by atoms with Crippen molar-refractivity contribution >= 4 is 39.9 Å². The van der Waals surface area contributed by atoms with Crippen LogP contribution in [0.5, 0.6) is 11.5 Å². The van der Waals surface area contributed by atoms with Crippen LogP contribution >= 0.6 is 34.2 Å². The fourth-order valence-electron chi connectivity index (χ4n) is 1.54. The van der Waals surface area contributed by atoms with Gasteiger partial charge in [-0.05, 0) is 46.9 Å². The van der Waals surface area contributed by atoms with Gasteiger partial charge in [0.15, 0.2) is 11.5 Å². The Morgan fingerprint density at radius 1 is 1.17 bits per heavy atom. The lowest BCUT2D eigenvalue weighted by molar-refractivity contribution is 0.400. The number of para-hydroxylation sites is 1. The van der Waals surface area contributed by atoms with Crippen LogP contribution < -0.4 is 5.32 Å². The van der Waals surface area contributed by atoms with Crippen LogP contribution in [0.3, 0.4) is 0 Å². The minimum Gasteiger partial charge on any atom is -0.504 e. The third-order valence-electron chi connectivity index (χ3n) is 2.50. The lowest BCUT2D eigenvalue weighted by Crippen LogP contribution is -2.00. The second kappa shape index (κ2) is 5.67. The van der Waals surface area contributed by atoms with E-state index in [1.165, 1.54) is 6.07 Å². The summed E-state index contributed by atoms with van der Waals surface area (Å²) in [6, 6.07) is 10.5. The van der Waals surface area contributed by atoms with Gasteiger partial charge in [0.1, 0.15) is 0 Å². The van der Waals surface area contributed by atoms with E-state index in [0.717, 1.165) is 9.26 Å². The molecule has 2 aromatic carbocycles. The standard InChI is InChI=1S/C13H11ClINO2/c14-10-6-9(15)4-5-11(10)16-7-8-2-1-3-12(17)13(8)18/h1-6,16-18H,7H2. The number of phenols is 2. The van der Waals surface area contributed by atoms with Gasteiger partial charge < -0.3 is 15.5 Å². The smallest absolute Gasteiger partial charge is 0.162 e. The van der Waals surface area contributed by atoms with Crippen molar-refractivity contribution in [3.05, 3.63) is 50.6 Å². The van der Waals surface area contributed by atoms with E-state index in [0.29, 0.717) is 17.1 Å². The molecule has 0 unspecified atom stereocenters. The topological polar surface area (TPSA) is 52.5 Å². The van der Waals surface area contributed by atoms with Gasteiger partial charge in [0.2, 0.25) is 0 Å². The molecule has 5 heteroatoms. The molecule has 94 valence electrons. The molecule has 0 spiro atoms. The van der Waals surface area contributed by atoms with Crippen molar-refractivity contribution in [1.82, 2.24) is 0 Å². The molecule has 0 aliphatic rings. The van der Waals surface area contributed by atoms with Gasteiger partial charge in [0.25, 0.3) is 0 Å². The van der Waals surface area contributed by atoms with Crippen molar-refractivity contribution in [2.24, 2.45) is 0 Å². The fraction of sp³-hybridized carbons (Fsp3) is 0.0769. The second-order valence-electron chi connectivity index (χ2n) is 3.76. The van der Waals surface area contributed by atoms with Gasteiger partial charge in [-0.3, -0.25) is 0 Å². The summed E-state index contributed by atoms with van der Waals surface area (Å²) in [7, 11) is 0. The molecule has 0 radical (unpaired) electrons. The summed E-state index contributed by atoms with van der Waals surface area (Å²) < 4.78 is 1.06. The normalized spacial score (nSPS) is 10.3. The summed E-state index contributed by atoms with van der Waals surface area (Å²) in [5.41, 5.74) is 1.41. The van der Waals surface area contributed by atoms with Gasteiger partial charge in [0, 0.05) is 15.7 Å². The van der Waals surface area contributed by atoms with Crippen molar-refractivity contribution in [2.75, 3.05) is 5.32 Å². The summed E-state index contributed by atoms with van der Waals surface area (Å²) in [5.74, 6) is -0.227. The van der Waals surface area contributed by atoms with Gasteiger partial charge in [0.05, 0.1) is 10.7 Å². The van der Waals surface area contributed by atoms with E-state index in [1.54, 1.807) is 12.1 Å². The summed E-state index contributed by atoms with van der Waals surface area (Å²) in [6.45, 7) is 0.389. The highest BCUT2D eigenvalue weighted by atomic mass is 127. The Morgan fingerprint density at radius 2 is 1.94 bits per heavy atom. The Labute approximate surface area is 124 Å². The summed E-state index contributed by atoms with van der Waals surface area (Å²) in [4.78, 5) is 0. The monoisotopic (exact) mass is 375 g/mol. The maximum absolute atomic E-state index is 9.66. The maximum Gasteiger partial charge on any atom is 0.162 e. The number of benzene rings is 2. The van der Waals surface area contributed by atoms with Crippen molar-refractivity contribution in [3.63, 3.8) is 0 Å². The Kier molecular flexibility index (Phi) is 4.19. The fourth-order valence-corrected chi connectivity index (χ4v) is 2.47. The predicted molar refractivity (Wildman–Crippen MR) is 81.3 cm³/mol. The first kappa shape index (κ1) is 13.3. The zero-order valence-electron chi connectivity index (χ0n) is 9.32. The number of hydrogen-bond acceptors (Lipinski definition) is 3. The molecule has 0 bridgehead atoms. The van der Waals surface area contributed by atoms with Crippen molar-refractivity contribution in [2.45, 2.75) is 6.54 Å². The number of halogens is 2. The Bertz CT molecular complexity index is 575. The van der Waals surface area contributed by atoms with E-state index in [1.807, 2.05) is 18.2 Å². The van der Waals surface area contributed by atoms with Crippen LogP contribution in [0.25, 0.3) is 0 Å². The number of aromatic hydroxyl groups is 2. The van der Waals surface area contributed by atoms with Gasteiger partial charge >= 0.3 is 0 Å². The van der Waals surface area contributed by atoms with E-state index >= 15 is 0 Å². The Morgan fingerprint density at radius 3 is 2.67 bits per heavy atom. The molecular weight excluding hydrogens is 365 g/mol. The number of phenolic OH excluding ortho intramolecular Hbond substituents is 2. The van der Waals surface area contributed by atoms with E-state index in [2.05, 4.69) is 27.9 Å². The highest BCUT2D eigenvalue weighted by Crippen LogP contribution is 2.30. The van der Waals surface area contributed by atoms with Crippen molar-refractivity contribution in [1.29, 1.82) is 0 Å². The third kappa shape index (κ3) is 3.00. The van der Waals surface area contributed by atoms with E-state index in [4.69, 9.17) is 11.6 Å². The zero-order chi connectivity index (χ0) is 13.1. The molecule has 0 aliphatic carbocycles. The summed E-state index contributed by atoms with van der Waals surface area (Å²) in [5, 5.41) is 22.8. The molecule has 2 aromatic rings. The molecule has 0 heterocycles. The van der Waals surface area contributed by atoms with Gasteiger partial charge in [-0.1, -0.05) is 23.7 Å². The van der Waals surface area contributed by atoms with Gasteiger partial charge in [-0.15, -0.1) is 0 Å². The highest BCUT2D eigenvalue weighted by Gasteiger charge is 2.06. The van der Waals surface area contributed by atoms with Crippen LogP contribution in [0.15, 0.2) is 36.4 Å². The van der Waals surface area contributed by atoms with E-state index in [-0.39, 0.29) is 11.5 Å². The van der Waals surface area contributed by atoms with Crippen LogP contribution in [0.4, 0.5) is 5.69 Å². The second-order valence-corrected chi connectivity index (χ2v) is 5.42. The SMILES string of the molecule is Oc1cccc(CNc2ccc(I)cc2Cl)c1O. The van der Waals surface area contributed by atoms with Gasteiger partial charge in [-0.25, -0.2) is 0 Å². The first-order chi connectivity index (χ1) is 8.58. The average Bonchev–Trinajstić information content (AvgIpc) is 2.33. The van der Waals surface area contributed by atoms with Crippen molar-refractivity contribution < 1.29 is 10.2 Å². The van der Waals surface area contributed by atoms with Gasteiger partial charge in [-0.2, -0.15) is 0 Å². The molecule has 0 atom stereocenters. The molecule has 0 amide bonds. The van der Waals surface area contributed by atoms with E-state index in [9.17, 15) is 10.2 Å². The highest BCUT2D eigenvalue weighted by molar-refractivity contribution is 14.1. The molecule has 0 saturated carbocycles.